The lowest BCUT2D eigenvalue weighted by atomic mass is 9.80. The van der Waals surface area contributed by atoms with Gasteiger partial charge in [-0.3, -0.25) is 20.3 Å². The molecule has 0 spiro atoms. The number of carbonyl (C=O) groups excluding carboxylic acids is 1. The summed E-state index contributed by atoms with van der Waals surface area (Å²) in [6.07, 6.45) is 3.67. The number of benzene rings is 1. The number of rotatable bonds is 5. The predicted octanol–water partition coefficient (Wildman–Crippen LogP) is 0.658. The fraction of sp³-hybridized carbons (Fsp3) is 0.550. The lowest BCUT2D eigenvalue weighted by molar-refractivity contribution is 0.0664. The Hall–Kier alpha value is -2.29. The quantitative estimate of drug-likeness (QED) is 0.701. The molecule has 2 atom stereocenters. The predicted molar refractivity (Wildman–Crippen MR) is 107 cm³/mol. The molecule has 0 radical (unpaired) electrons. The standard InChI is InChI=1S/C20H29N7O/c1-14-3-2-4-16(11-14)17-12-22-24-19(17)15-5-8-26(9-6-15)20(28)18-13-27(10-7-21)25-23-18/h2-4,11,13,15,17,19,22,24H,5-10,12,21H2,1H3. The van der Waals surface area contributed by atoms with Crippen LogP contribution in [0.2, 0.25) is 0 Å². The van der Waals surface area contributed by atoms with Crippen molar-refractivity contribution < 1.29 is 4.79 Å². The van der Waals surface area contributed by atoms with Crippen LogP contribution in [0.3, 0.4) is 0 Å². The molecular formula is C20H29N7O. The fourth-order valence-electron chi connectivity index (χ4n) is 4.45. The number of hydrogen-bond acceptors (Lipinski definition) is 6. The molecule has 1 amide bonds. The second-order valence-corrected chi connectivity index (χ2v) is 7.86. The van der Waals surface area contributed by atoms with E-state index in [2.05, 4.69) is 52.4 Å². The number of hydrogen-bond donors (Lipinski definition) is 3. The average molecular weight is 384 g/mol. The maximum atomic E-state index is 12.7. The van der Waals surface area contributed by atoms with Crippen LogP contribution in [0.15, 0.2) is 30.5 Å². The second-order valence-electron chi connectivity index (χ2n) is 7.86. The van der Waals surface area contributed by atoms with Crippen LogP contribution >= 0.6 is 0 Å². The van der Waals surface area contributed by atoms with Crippen molar-refractivity contribution in [3.8, 4) is 0 Å². The number of nitrogens with one attached hydrogen (secondary N) is 2. The highest BCUT2D eigenvalue weighted by Gasteiger charge is 2.37. The Morgan fingerprint density at radius 3 is 2.89 bits per heavy atom. The van der Waals surface area contributed by atoms with E-state index in [0.29, 0.717) is 36.7 Å². The normalized spacial score (nSPS) is 23.3. The number of nitrogens with two attached hydrogens (primary N) is 1. The first-order valence-corrected chi connectivity index (χ1v) is 10.1. The van der Waals surface area contributed by atoms with E-state index in [1.807, 2.05) is 4.90 Å². The Kier molecular flexibility index (Phi) is 5.70. The molecule has 8 nitrogen and oxygen atoms in total. The largest absolute Gasteiger partial charge is 0.337 e. The highest BCUT2D eigenvalue weighted by molar-refractivity contribution is 5.92. The minimum atomic E-state index is -0.0329. The molecule has 2 fully saturated rings. The smallest absolute Gasteiger partial charge is 0.276 e. The van der Waals surface area contributed by atoms with Crippen molar-refractivity contribution in [2.45, 2.75) is 38.3 Å². The maximum absolute atomic E-state index is 12.7. The lowest BCUT2D eigenvalue weighted by Crippen LogP contribution is -2.45. The summed E-state index contributed by atoms with van der Waals surface area (Å²) in [5.41, 5.74) is 15.5. The Balaban J connectivity index is 1.37. The highest BCUT2D eigenvalue weighted by Crippen LogP contribution is 2.32. The summed E-state index contributed by atoms with van der Waals surface area (Å²) >= 11 is 0. The Bertz CT molecular complexity index is 812. The zero-order valence-electron chi connectivity index (χ0n) is 16.3. The van der Waals surface area contributed by atoms with Gasteiger partial charge in [-0.2, -0.15) is 0 Å². The highest BCUT2D eigenvalue weighted by atomic mass is 16.2. The minimum absolute atomic E-state index is 0.0329. The monoisotopic (exact) mass is 383 g/mol. The van der Waals surface area contributed by atoms with Gasteiger partial charge >= 0.3 is 0 Å². The fourth-order valence-corrected chi connectivity index (χ4v) is 4.45. The van der Waals surface area contributed by atoms with E-state index in [1.165, 1.54) is 11.1 Å². The number of aryl methyl sites for hydroxylation is 1. The molecule has 2 saturated heterocycles. The van der Waals surface area contributed by atoms with Gasteiger partial charge in [-0.25, -0.2) is 0 Å². The van der Waals surface area contributed by atoms with Gasteiger partial charge < -0.3 is 10.6 Å². The third kappa shape index (κ3) is 3.94. The lowest BCUT2D eigenvalue weighted by Gasteiger charge is -2.36. The van der Waals surface area contributed by atoms with Gasteiger partial charge in [0.15, 0.2) is 5.69 Å². The van der Waals surface area contributed by atoms with Crippen LogP contribution in [-0.4, -0.2) is 58.0 Å². The van der Waals surface area contributed by atoms with Crippen LogP contribution in [0, 0.1) is 12.8 Å². The summed E-state index contributed by atoms with van der Waals surface area (Å²) in [4.78, 5) is 14.6. The first kappa shape index (κ1) is 19.0. The van der Waals surface area contributed by atoms with E-state index >= 15 is 0 Å². The zero-order valence-corrected chi connectivity index (χ0v) is 16.3. The van der Waals surface area contributed by atoms with Crippen molar-refractivity contribution in [2.75, 3.05) is 26.2 Å². The zero-order chi connectivity index (χ0) is 19.5. The summed E-state index contributed by atoms with van der Waals surface area (Å²) in [7, 11) is 0. The minimum Gasteiger partial charge on any atom is -0.337 e. The van der Waals surface area contributed by atoms with E-state index in [1.54, 1.807) is 10.9 Å². The molecule has 0 aliphatic carbocycles. The van der Waals surface area contributed by atoms with E-state index in [-0.39, 0.29) is 5.91 Å². The topological polar surface area (TPSA) is 101 Å². The van der Waals surface area contributed by atoms with Gasteiger partial charge in [0.1, 0.15) is 0 Å². The third-order valence-corrected chi connectivity index (χ3v) is 5.95. The van der Waals surface area contributed by atoms with Crippen LogP contribution in [0.1, 0.15) is 40.4 Å². The molecular weight excluding hydrogens is 354 g/mol. The van der Waals surface area contributed by atoms with Crippen LogP contribution in [0.4, 0.5) is 0 Å². The molecule has 1 aromatic heterocycles. The summed E-state index contributed by atoms with van der Waals surface area (Å²) in [6.45, 7) is 5.65. The van der Waals surface area contributed by atoms with Crippen molar-refractivity contribution in [3.63, 3.8) is 0 Å². The van der Waals surface area contributed by atoms with E-state index in [0.717, 1.165) is 32.5 Å². The van der Waals surface area contributed by atoms with Gasteiger partial charge in [0, 0.05) is 38.1 Å². The number of nitrogens with zero attached hydrogens (tertiary/aromatic N) is 4. The SMILES string of the molecule is Cc1cccc(C2CNNC2C2CCN(C(=O)c3cn(CCN)nn3)CC2)c1. The molecule has 2 unspecified atom stereocenters. The molecule has 4 rings (SSSR count). The first-order chi connectivity index (χ1) is 13.7. The molecule has 0 bridgehead atoms. The average Bonchev–Trinajstić information content (AvgIpc) is 3.38. The van der Waals surface area contributed by atoms with Gasteiger partial charge in [-0.05, 0) is 31.2 Å². The van der Waals surface area contributed by atoms with Crippen LogP contribution in [-0.2, 0) is 6.54 Å². The van der Waals surface area contributed by atoms with Gasteiger partial charge in [-0.1, -0.05) is 35.0 Å². The molecule has 150 valence electrons. The number of amides is 1. The van der Waals surface area contributed by atoms with Crippen LogP contribution in [0.25, 0.3) is 0 Å². The number of carbonyl (C=O) groups is 1. The molecule has 4 N–H and O–H groups in total. The van der Waals surface area contributed by atoms with Crippen LogP contribution < -0.4 is 16.6 Å². The number of likely N-dealkylation sites (tertiary alicyclic amines) is 1. The number of hydrazine groups is 1. The number of piperidine rings is 1. The van der Waals surface area contributed by atoms with Gasteiger partial charge in [0.2, 0.25) is 0 Å². The van der Waals surface area contributed by atoms with E-state index < -0.39 is 0 Å². The Labute approximate surface area is 165 Å². The van der Waals surface area contributed by atoms with Crippen molar-refractivity contribution in [3.05, 3.63) is 47.3 Å². The molecule has 0 saturated carbocycles. The van der Waals surface area contributed by atoms with Gasteiger partial charge in [0.25, 0.3) is 5.91 Å². The first-order valence-electron chi connectivity index (χ1n) is 10.1. The van der Waals surface area contributed by atoms with Crippen molar-refractivity contribution in [2.24, 2.45) is 11.7 Å². The maximum Gasteiger partial charge on any atom is 0.276 e. The van der Waals surface area contributed by atoms with Crippen molar-refractivity contribution >= 4 is 5.91 Å². The van der Waals surface area contributed by atoms with Gasteiger partial charge in [-0.15, -0.1) is 5.10 Å². The molecule has 2 aliphatic heterocycles. The Morgan fingerprint density at radius 2 is 2.14 bits per heavy atom. The van der Waals surface area contributed by atoms with Crippen molar-refractivity contribution in [1.29, 1.82) is 0 Å². The number of aromatic nitrogens is 3. The summed E-state index contributed by atoms with van der Waals surface area (Å²) in [6, 6.07) is 9.18. The molecule has 8 heteroatoms. The molecule has 2 aromatic rings. The van der Waals surface area contributed by atoms with E-state index in [9.17, 15) is 4.79 Å². The molecule has 1 aromatic carbocycles. The molecule has 28 heavy (non-hydrogen) atoms. The van der Waals surface area contributed by atoms with Crippen molar-refractivity contribution in [1.82, 2.24) is 30.7 Å². The van der Waals surface area contributed by atoms with Gasteiger partial charge in [0.05, 0.1) is 12.7 Å². The second kappa shape index (κ2) is 8.38. The third-order valence-electron chi connectivity index (χ3n) is 5.95. The summed E-state index contributed by atoms with van der Waals surface area (Å²) < 4.78 is 1.63. The Morgan fingerprint density at radius 1 is 1.32 bits per heavy atom. The van der Waals surface area contributed by atoms with E-state index in [4.69, 9.17) is 5.73 Å². The summed E-state index contributed by atoms with van der Waals surface area (Å²) in [5, 5.41) is 7.98. The van der Waals surface area contributed by atoms with Crippen LogP contribution in [0.5, 0.6) is 0 Å². The summed E-state index contributed by atoms with van der Waals surface area (Å²) in [5.74, 6) is 0.968. The molecule has 3 heterocycles. The molecule has 2 aliphatic rings.